The summed E-state index contributed by atoms with van der Waals surface area (Å²) in [5, 5.41) is 7.08. The van der Waals surface area contributed by atoms with Gasteiger partial charge in [-0.3, -0.25) is 4.79 Å². The molecule has 0 saturated carbocycles. The Bertz CT molecular complexity index is 595. The zero-order valence-corrected chi connectivity index (χ0v) is 10.7. The largest absolute Gasteiger partial charge is 0.468 e. The number of anilines is 1. The number of nitrogens with zero attached hydrogens (tertiary/aromatic N) is 2. The number of methoxy groups -OCH3 is 1. The molecule has 2 aromatic rings. The Labute approximate surface area is 110 Å². The second-order valence-corrected chi connectivity index (χ2v) is 3.96. The van der Waals surface area contributed by atoms with E-state index in [4.69, 9.17) is 0 Å². The van der Waals surface area contributed by atoms with Crippen LogP contribution in [0.5, 0.6) is 0 Å². The average molecular weight is 263 g/mol. The van der Waals surface area contributed by atoms with Gasteiger partial charge in [0.25, 0.3) is 0 Å². The van der Waals surface area contributed by atoms with Crippen LogP contribution in [-0.2, 0) is 9.53 Å². The monoisotopic (exact) mass is 263 g/mol. The highest BCUT2D eigenvalue weighted by Gasteiger charge is 2.12. The quantitative estimate of drug-likeness (QED) is 0.856. The lowest BCUT2D eigenvalue weighted by Crippen LogP contribution is -2.17. The maximum absolute atomic E-state index is 13.7. The number of para-hydroxylation sites is 1. The first kappa shape index (κ1) is 13.1. The lowest BCUT2D eigenvalue weighted by molar-refractivity contribution is -0.138. The molecule has 5 nitrogen and oxygen atoms in total. The molecule has 6 heteroatoms. The van der Waals surface area contributed by atoms with E-state index in [1.165, 1.54) is 17.9 Å². The van der Waals surface area contributed by atoms with Crippen LogP contribution in [0.1, 0.15) is 5.69 Å². The molecule has 0 aliphatic rings. The number of carbonyl (C=O) groups is 1. The van der Waals surface area contributed by atoms with Crippen molar-refractivity contribution >= 4 is 11.8 Å². The molecule has 0 amide bonds. The zero-order valence-electron chi connectivity index (χ0n) is 10.7. The first-order valence-electron chi connectivity index (χ1n) is 5.74. The van der Waals surface area contributed by atoms with Gasteiger partial charge < -0.3 is 10.1 Å². The van der Waals surface area contributed by atoms with Gasteiger partial charge in [0.1, 0.15) is 23.9 Å². The molecule has 0 bridgehead atoms. The van der Waals surface area contributed by atoms with Gasteiger partial charge in [0.05, 0.1) is 12.8 Å². The summed E-state index contributed by atoms with van der Waals surface area (Å²) in [6.07, 6.45) is 0. The highest BCUT2D eigenvalue weighted by atomic mass is 19.1. The number of halogens is 1. The average Bonchev–Trinajstić information content (AvgIpc) is 2.77. The third kappa shape index (κ3) is 2.90. The number of rotatable bonds is 4. The number of esters is 1. The SMILES string of the molecule is COC(=O)CNc1cc(C)nn1-c1ccccc1F. The van der Waals surface area contributed by atoms with Crippen LogP contribution in [0, 0.1) is 12.7 Å². The number of ether oxygens (including phenoxy) is 1. The highest BCUT2D eigenvalue weighted by molar-refractivity contribution is 5.74. The Morgan fingerprint density at radius 2 is 2.21 bits per heavy atom. The normalized spacial score (nSPS) is 10.3. The molecule has 100 valence electrons. The van der Waals surface area contributed by atoms with E-state index in [0.29, 0.717) is 11.5 Å². The Kier molecular flexibility index (Phi) is 3.79. The van der Waals surface area contributed by atoms with Crippen LogP contribution in [0.4, 0.5) is 10.2 Å². The van der Waals surface area contributed by atoms with Crippen molar-refractivity contribution < 1.29 is 13.9 Å². The third-order valence-corrected chi connectivity index (χ3v) is 2.55. The van der Waals surface area contributed by atoms with Gasteiger partial charge in [-0.1, -0.05) is 12.1 Å². The van der Waals surface area contributed by atoms with Crippen LogP contribution in [0.3, 0.4) is 0 Å². The number of carbonyl (C=O) groups excluding carboxylic acids is 1. The zero-order chi connectivity index (χ0) is 13.8. The number of benzene rings is 1. The first-order valence-corrected chi connectivity index (χ1v) is 5.74. The van der Waals surface area contributed by atoms with Crippen molar-refractivity contribution in [2.24, 2.45) is 0 Å². The van der Waals surface area contributed by atoms with Gasteiger partial charge in [-0.25, -0.2) is 9.07 Å². The fourth-order valence-electron chi connectivity index (χ4n) is 1.67. The summed E-state index contributed by atoms with van der Waals surface area (Å²) in [7, 11) is 1.31. The molecule has 0 unspecified atom stereocenters. The molecule has 2 rings (SSSR count). The Morgan fingerprint density at radius 1 is 1.47 bits per heavy atom. The number of aromatic nitrogens is 2. The van der Waals surface area contributed by atoms with Crippen LogP contribution in [0.25, 0.3) is 5.69 Å². The van der Waals surface area contributed by atoms with Crippen molar-refractivity contribution in [3.63, 3.8) is 0 Å². The molecule has 0 atom stereocenters. The van der Waals surface area contributed by atoms with E-state index in [1.54, 1.807) is 31.2 Å². The fraction of sp³-hybridized carbons (Fsp3) is 0.231. The smallest absolute Gasteiger partial charge is 0.325 e. The molecule has 1 heterocycles. The second-order valence-electron chi connectivity index (χ2n) is 3.96. The van der Waals surface area contributed by atoms with Crippen molar-refractivity contribution in [3.05, 3.63) is 41.8 Å². The molecule has 0 spiro atoms. The summed E-state index contributed by atoms with van der Waals surface area (Å²) in [5.74, 6) is -0.251. The third-order valence-electron chi connectivity index (χ3n) is 2.55. The van der Waals surface area contributed by atoms with E-state index < -0.39 is 5.97 Å². The summed E-state index contributed by atoms with van der Waals surface area (Å²) < 4.78 is 19.7. The van der Waals surface area contributed by atoms with Gasteiger partial charge in [-0.2, -0.15) is 5.10 Å². The molecule has 1 aromatic carbocycles. The second kappa shape index (κ2) is 5.51. The van der Waals surface area contributed by atoms with Crippen molar-refractivity contribution in [3.8, 4) is 5.69 Å². The maximum atomic E-state index is 13.7. The van der Waals surface area contributed by atoms with Crippen LogP contribution in [0.15, 0.2) is 30.3 Å². The van der Waals surface area contributed by atoms with Crippen molar-refractivity contribution in [2.45, 2.75) is 6.92 Å². The van der Waals surface area contributed by atoms with Crippen LogP contribution in [-0.4, -0.2) is 29.4 Å². The Balaban J connectivity index is 2.31. The molecular weight excluding hydrogens is 249 g/mol. The van der Waals surface area contributed by atoms with E-state index in [2.05, 4.69) is 15.2 Å². The Hall–Kier alpha value is -2.37. The predicted molar refractivity (Wildman–Crippen MR) is 68.8 cm³/mol. The number of hydrogen-bond donors (Lipinski definition) is 1. The van der Waals surface area contributed by atoms with E-state index in [0.717, 1.165) is 5.69 Å². The summed E-state index contributed by atoms with van der Waals surface area (Å²) in [6, 6.07) is 8.03. The summed E-state index contributed by atoms with van der Waals surface area (Å²) in [4.78, 5) is 11.1. The lowest BCUT2D eigenvalue weighted by Gasteiger charge is -2.09. The van der Waals surface area contributed by atoms with E-state index in [1.807, 2.05) is 0 Å². The first-order chi connectivity index (χ1) is 9.11. The summed E-state index contributed by atoms with van der Waals surface area (Å²) >= 11 is 0. The van der Waals surface area contributed by atoms with Gasteiger partial charge in [0.15, 0.2) is 0 Å². The fourth-order valence-corrected chi connectivity index (χ4v) is 1.67. The topological polar surface area (TPSA) is 56.1 Å². The van der Waals surface area contributed by atoms with Crippen LogP contribution >= 0.6 is 0 Å². The van der Waals surface area contributed by atoms with Gasteiger partial charge in [-0.05, 0) is 19.1 Å². The van der Waals surface area contributed by atoms with E-state index in [9.17, 15) is 9.18 Å². The van der Waals surface area contributed by atoms with Crippen molar-refractivity contribution in [1.82, 2.24) is 9.78 Å². The lowest BCUT2D eigenvalue weighted by atomic mass is 10.3. The molecule has 0 aliphatic carbocycles. The standard InChI is InChI=1S/C13H14FN3O2/c1-9-7-12(15-8-13(18)19-2)17(16-9)11-6-4-3-5-10(11)14/h3-7,15H,8H2,1-2H3. The van der Waals surface area contributed by atoms with Crippen LogP contribution in [0.2, 0.25) is 0 Å². The minimum atomic E-state index is -0.404. The van der Waals surface area contributed by atoms with Gasteiger partial charge in [0.2, 0.25) is 0 Å². The number of hydrogen-bond acceptors (Lipinski definition) is 4. The number of aryl methyl sites for hydroxylation is 1. The van der Waals surface area contributed by atoms with Crippen molar-refractivity contribution in [2.75, 3.05) is 19.0 Å². The Morgan fingerprint density at radius 3 is 2.89 bits per heavy atom. The maximum Gasteiger partial charge on any atom is 0.325 e. The molecular formula is C13H14FN3O2. The predicted octanol–water partition coefficient (Wildman–Crippen LogP) is 1.90. The minimum absolute atomic E-state index is 0.00388. The van der Waals surface area contributed by atoms with Gasteiger partial charge in [0, 0.05) is 6.07 Å². The van der Waals surface area contributed by atoms with E-state index in [-0.39, 0.29) is 12.4 Å². The van der Waals surface area contributed by atoms with Crippen molar-refractivity contribution in [1.29, 1.82) is 0 Å². The highest BCUT2D eigenvalue weighted by Crippen LogP contribution is 2.19. The van der Waals surface area contributed by atoms with Crippen LogP contribution < -0.4 is 5.32 Å². The minimum Gasteiger partial charge on any atom is -0.468 e. The van der Waals surface area contributed by atoms with Gasteiger partial charge >= 0.3 is 5.97 Å². The molecule has 19 heavy (non-hydrogen) atoms. The summed E-state index contributed by atoms with van der Waals surface area (Å²) in [5.41, 5.74) is 1.04. The molecule has 1 aromatic heterocycles. The molecule has 0 aliphatic heterocycles. The number of nitrogens with one attached hydrogen (secondary N) is 1. The molecule has 0 fully saturated rings. The molecule has 0 radical (unpaired) electrons. The summed E-state index contributed by atoms with van der Waals surface area (Å²) in [6.45, 7) is 1.79. The van der Waals surface area contributed by atoms with Gasteiger partial charge in [-0.15, -0.1) is 0 Å². The van der Waals surface area contributed by atoms with E-state index >= 15 is 0 Å². The molecule has 1 N–H and O–H groups in total. The molecule has 0 saturated heterocycles.